The number of benzene rings is 1. The molecule has 3 aromatic rings. The second-order valence-electron chi connectivity index (χ2n) is 5.37. The normalized spacial score (nSPS) is 13.3. The van der Waals surface area contributed by atoms with Crippen LogP contribution >= 0.6 is 0 Å². The SMILES string of the molecule is Cn1nnc(N2Cc3cn(-c4ccc([N+](=O)[O-])cc4F)nc3C2)n1. The lowest BCUT2D eigenvalue weighted by molar-refractivity contribution is -0.385. The van der Waals surface area contributed by atoms with Crippen molar-refractivity contribution in [2.24, 2.45) is 7.05 Å². The van der Waals surface area contributed by atoms with Gasteiger partial charge in [0.2, 0.25) is 0 Å². The molecular formula is C13H11FN8O2. The molecule has 0 saturated heterocycles. The van der Waals surface area contributed by atoms with Crippen LogP contribution in [0.2, 0.25) is 0 Å². The molecule has 0 amide bonds. The second-order valence-corrected chi connectivity index (χ2v) is 5.37. The first-order valence-corrected chi connectivity index (χ1v) is 7.02. The van der Waals surface area contributed by atoms with Crippen LogP contribution in [-0.4, -0.2) is 34.9 Å². The van der Waals surface area contributed by atoms with Crippen molar-refractivity contribution in [2.45, 2.75) is 13.1 Å². The zero-order chi connectivity index (χ0) is 16.8. The molecule has 1 aromatic carbocycles. The number of nitrogens with zero attached hydrogens (tertiary/aromatic N) is 8. The van der Waals surface area contributed by atoms with Crippen molar-refractivity contribution in [3.05, 3.63) is 51.6 Å². The Morgan fingerprint density at radius 3 is 2.75 bits per heavy atom. The molecule has 2 aromatic heterocycles. The molecule has 11 heteroatoms. The van der Waals surface area contributed by atoms with E-state index in [0.717, 1.165) is 17.3 Å². The highest BCUT2D eigenvalue weighted by atomic mass is 19.1. The van der Waals surface area contributed by atoms with Crippen LogP contribution in [0.3, 0.4) is 0 Å². The quantitative estimate of drug-likeness (QED) is 0.520. The fourth-order valence-electron chi connectivity index (χ4n) is 2.61. The average Bonchev–Trinajstić information content (AvgIpc) is 3.20. The van der Waals surface area contributed by atoms with Crippen molar-refractivity contribution >= 4 is 11.6 Å². The standard InChI is InChI=1S/C13H11FN8O2/c1-19-17-13(15-18-19)20-5-8-6-21(16-11(8)7-20)12-3-2-9(22(23)24)4-10(12)14/h2-4,6H,5,7H2,1H3. The third kappa shape index (κ3) is 2.26. The van der Waals surface area contributed by atoms with Crippen LogP contribution < -0.4 is 4.90 Å². The highest BCUT2D eigenvalue weighted by Gasteiger charge is 2.26. The zero-order valence-electron chi connectivity index (χ0n) is 12.5. The van der Waals surface area contributed by atoms with E-state index < -0.39 is 10.7 Å². The van der Waals surface area contributed by atoms with Crippen LogP contribution in [0.1, 0.15) is 11.3 Å². The lowest BCUT2D eigenvalue weighted by atomic mass is 10.2. The monoisotopic (exact) mass is 330 g/mol. The molecule has 0 unspecified atom stereocenters. The summed E-state index contributed by atoms with van der Waals surface area (Å²) in [6, 6.07) is 3.48. The smallest absolute Gasteiger partial charge is 0.272 e. The van der Waals surface area contributed by atoms with Crippen LogP contribution in [0.4, 0.5) is 16.0 Å². The molecule has 122 valence electrons. The van der Waals surface area contributed by atoms with Gasteiger partial charge in [-0.1, -0.05) is 5.10 Å². The van der Waals surface area contributed by atoms with Crippen LogP contribution in [0.25, 0.3) is 5.69 Å². The third-order valence-corrected chi connectivity index (χ3v) is 3.75. The van der Waals surface area contributed by atoms with Gasteiger partial charge in [0.25, 0.3) is 11.6 Å². The summed E-state index contributed by atoms with van der Waals surface area (Å²) in [5.74, 6) is -0.193. The Labute approximate surface area is 134 Å². The summed E-state index contributed by atoms with van der Waals surface area (Å²) in [5, 5.41) is 26.9. The Balaban J connectivity index is 1.60. The number of anilines is 1. The molecule has 0 aliphatic carbocycles. The maximum atomic E-state index is 14.1. The molecule has 10 nitrogen and oxygen atoms in total. The molecule has 3 heterocycles. The molecule has 0 atom stereocenters. The minimum Gasteiger partial charge on any atom is -0.328 e. The van der Waals surface area contributed by atoms with Gasteiger partial charge in [-0.2, -0.15) is 9.90 Å². The first kappa shape index (κ1) is 14.2. The zero-order valence-corrected chi connectivity index (χ0v) is 12.5. The minimum absolute atomic E-state index is 0.166. The first-order valence-electron chi connectivity index (χ1n) is 7.02. The highest BCUT2D eigenvalue weighted by molar-refractivity contribution is 5.44. The Morgan fingerprint density at radius 1 is 1.29 bits per heavy atom. The molecule has 1 aliphatic heterocycles. The fourth-order valence-corrected chi connectivity index (χ4v) is 2.61. The number of hydrogen-bond acceptors (Lipinski definition) is 7. The van der Waals surface area contributed by atoms with Gasteiger partial charge >= 0.3 is 0 Å². The van der Waals surface area contributed by atoms with E-state index in [4.69, 9.17) is 0 Å². The third-order valence-electron chi connectivity index (χ3n) is 3.75. The van der Waals surface area contributed by atoms with Gasteiger partial charge in [-0.05, 0) is 11.3 Å². The maximum Gasteiger partial charge on any atom is 0.272 e. The van der Waals surface area contributed by atoms with Crippen LogP contribution in [-0.2, 0) is 20.1 Å². The molecule has 0 spiro atoms. The Bertz CT molecular complexity index is 926. The lowest BCUT2D eigenvalue weighted by Crippen LogP contribution is -2.17. The number of halogens is 1. The second kappa shape index (κ2) is 5.08. The van der Waals surface area contributed by atoms with Crippen LogP contribution in [0, 0.1) is 15.9 Å². The van der Waals surface area contributed by atoms with Crippen LogP contribution in [0.5, 0.6) is 0 Å². The Hall–Kier alpha value is -3.37. The van der Waals surface area contributed by atoms with E-state index in [1.165, 1.54) is 21.6 Å². The van der Waals surface area contributed by atoms with E-state index in [1.54, 1.807) is 13.2 Å². The summed E-state index contributed by atoms with van der Waals surface area (Å²) in [5.41, 5.74) is 1.57. The molecule has 0 N–H and O–H groups in total. The van der Waals surface area contributed by atoms with E-state index in [1.807, 2.05) is 4.90 Å². The Morgan fingerprint density at radius 2 is 2.12 bits per heavy atom. The summed E-state index contributed by atoms with van der Waals surface area (Å²) in [6.07, 6.45) is 1.70. The van der Waals surface area contributed by atoms with Crippen molar-refractivity contribution in [1.82, 2.24) is 30.0 Å². The number of hydrogen-bond donors (Lipinski definition) is 0. The molecule has 0 bridgehead atoms. The van der Waals surface area contributed by atoms with Gasteiger partial charge in [-0.3, -0.25) is 10.1 Å². The predicted molar refractivity (Wildman–Crippen MR) is 78.9 cm³/mol. The van der Waals surface area contributed by atoms with Crippen LogP contribution in [0.15, 0.2) is 24.4 Å². The molecule has 24 heavy (non-hydrogen) atoms. The molecule has 0 radical (unpaired) electrons. The number of non-ortho nitro benzene ring substituents is 1. The Kier molecular flexibility index (Phi) is 3.01. The number of nitro benzene ring substituents is 1. The average molecular weight is 330 g/mol. The highest BCUT2D eigenvalue weighted by Crippen LogP contribution is 2.27. The number of fused-ring (bicyclic) bond motifs is 1. The molecule has 0 fully saturated rings. The molecule has 0 saturated carbocycles. The summed E-state index contributed by atoms with van der Waals surface area (Å²) >= 11 is 0. The van der Waals surface area contributed by atoms with Gasteiger partial charge in [0.1, 0.15) is 5.69 Å². The summed E-state index contributed by atoms with van der Waals surface area (Å²) < 4.78 is 15.5. The predicted octanol–water partition coefficient (Wildman–Crippen LogP) is 0.963. The van der Waals surface area contributed by atoms with E-state index in [9.17, 15) is 14.5 Å². The molecule has 4 rings (SSSR count). The van der Waals surface area contributed by atoms with Gasteiger partial charge in [-0.15, -0.1) is 5.10 Å². The van der Waals surface area contributed by atoms with E-state index >= 15 is 0 Å². The topological polar surface area (TPSA) is 108 Å². The van der Waals surface area contributed by atoms with Gasteiger partial charge in [0.15, 0.2) is 5.82 Å². The first-order chi connectivity index (χ1) is 11.5. The number of aromatic nitrogens is 6. The van der Waals surface area contributed by atoms with E-state index in [0.29, 0.717) is 19.0 Å². The largest absolute Gasteiger partial charge is 0.328 e. The van der Waals surface area contributed by atoms with Crippen molar-refractivity contribution in [3.8, 4) is 5.69 Å². The van der Waals surface area contributed by atoms with Crippen molar-refractivity contribution in [2.75, 3.05) is 4.90 Å². The minimum atomic E-state index is -0.696. The molecule has 1 aliphatic rings. The summed E-state index contributed by atoms with van der Waals surface area (Å²) in [6.45, 7) is 1.03. The van der Waals surface area contributed by atoms with Crippen molar-refractivity contribution in [3.63, 3.8) is 0 Å². The summed E-state index contributed by atoms with van der Waals surface area (Å²) in [7, 11) is 1.68. The van der Waals surface area contributed by atoms with Crippen molar-refractivity contribution < 1.29 is 9.31 Å². The van der Waals surface area contributed by atoms with Crippen molar-refractivity contribution in [1.29, 1.82) is 0 Å². The number of nitro groups is 1. The van der Waals surface area contributed by atoms with Gasteiger partial charge < -0.3 is 4.90 Å². The number of tetrazole rings is 1. The number of aryl methyl sites for hydroxylation is 1. The van der Waals surface area contributed by atoms with Gasteiger partial charge in [0.05, 0.1) is 30.3 Å². The van der Waals surface area contributed by atoms with Gasteiger partial charge in [-0.25, -0.2) is 9.07 Å². The van der Waals surface area contributed by atoms with E-state index in [-0.39, 0.29) is 11.4 Å². The number of rotatable bonds is 3. The van der Waals surface area contributed by atoms with Gasteiger partial charge in [0, 0.05) is 24.4 Å². The lowest BCUT2D eigenvalue weighted by Gasteiger charge is -2.11. The van der Waals surface area contributed by atoms with E-state index in [2.05, 4.69) is 20.5 Å². The molecular weight excluding hydrogens is 319 g/mol. The maximum absolute atomic E-state index is 14.1. The summed E-state index contributed by atoms with van der Waals surface area (Å²) in [4.78, 5) is 13.3. The fraction of sp³-hybridized carbons (Fsp3) is 0.231.